The molecular formula is C8H10N4O4. The molecule has 2 aromatic heterocycles. The molecule has 0 bridgehead atoms. The molecule has 2 aromatic rings. The first-order chi connectivity index (χ1) is 7.54. The lowest BCUT2D eigenvalue weighted by Crippen LogP contribution is -2.36. The van der Waals surface area contributed by atoms with Gasteiger partial charge in [0.1, 0.15) is 5.52 Å². The molecule has 0 saturated carbocycles. The third-order valence-corrected chi connectivity index (χ3v) is 2.03. The lowest BCUT2D eigenvalue weighted by Gasteiger charge is -2.00. The standard InChI is InChI=1S/C7H8N4O2.CH2O2/c1-10-5-4(8-3-9-5)6(12)11(2)7(10)13;2-1-3/h3H,1-2H3,(H,8,9);1H,(H,2,3). The Bertz CT molecular complexity index is 621. The number of aromatic amines is 1. The summed E-state index contributed by atoms with van der Waals surface area (Å²) >= 11 is 0. The number of carbonyl (C=O) groups is 1. The number of H-pyrrole nitrogens is 1. The molecule has 0 fully saturated rings. The van der Waals surface area contributed by atoms with Crippen LogP contribution in [0.4, 0.5) is 0 Å². The van der Waals surface area contributed by atoms with E-state index in [4.69, 9.17) is 9.90 Å². The lowest BCUT2D eigenvalue weighted by atomic mass is 10.5. The van der Waals surface area contributed by atoms with Crippen molar-refractivity contribution in [1.29, 1.82) is 0 Å². The van der Waals surface area contributed by atoms with Gasteiger partial charge in [-0.2, -0.15) is 0 Å². The van der Waals surface area contributed by atoms with Gasteiger partial charge in [-0.3, -0.25) is 18.7 Å². The fourth-order valence-corrected chi connectivity index (χ4v) is 1.27. The largest absolute Gasteiger partial charge is 0.483 e. The molecule has 0 amide bonds. The maximum atomic E-state index is 11.4. The Morgan fingerprint density at radius 2 is 1.94 bits per heavy atom. The van der Waals surface area contributed by atoms with Crippen molar-refractivity contribution < 1.29 is 9.90 Å². The number of nitrogens with one attached hydrogen (secondary N) is 1. The zero-order valence-electron chi connectivity index (χ0n) is 8.67. The Hall–Kier alpha value is -2.38. The quantitative estimate of drug-likeness (QED) is 0.540. The highest BCUT2D eigenvalue weighted by atomic mass is 16.3. The molecular weight excluding hydrogens is 216 g/mol. The fourth-order valence-electron chi connectivity index (χ4n) is 1.27. The van der Waals surface area contributed by atoms with Crippen LogP contribution in [0.5, 0.6) is 0 Å². The molecule has 0 aliphatic heterocycles. The fraction of sp³-hybridized carbons (Fsp3) is 0.250. The molecule has 0 aromatic carbocycles. The van der Waals surface area contributed by atoms with Gasteiger partial charge in [0.2, 0.25) is 0 Å². The number of fused-ring (bicyclic) bond motifs is 1. The van der Waals surface area contributed by atoms with Crippen molar-refractivity contribution in [3.8, 4) is 0 Å². The van der Waals surface area contributed by atoms with E-state index in [1.807, 2.05) is 0 Å². The number of nitrogens with zero attached hydrogens (tertiary/aromatic N) is 3. The average molecular weight is 226 g/mol. The summed E-state index contributed by atoms with van der Waals surface area (Å²) in [6, 6.07) is 0. The van der Waals surface area contributed by atoms with Crippen LogP contribution >= 0.6 is 0 Å². The zero-order chi connectivity index (χ0) is 12.3. The van der Waals surface area contributed by atoms with Gasteiger partial charge in [0, 0.05) is 14.1 Å². The van der Waals surface area contributed by atoms with Gasteiger partial charge < -0.3 is 10.1 Å². The smallest absolute Gasteiger partial charge is 0.332 e. The SMILES string of the molecule is Cn1c(=O)c2[nH]cnc2n(C)c1=O.O=CO. The van der Waals surface area contributed by atoms with Crippen molar-refractivity contribution in [2.24, 2.45) is 14.1 Å². The number of aryl methyl sites for hydroxylation is 1. The van der Waals surface area contributed by atoms with Crippen LogP contribution in [0.15, 0.2) is 15.9 Å². The van der Waals surface area contributed by atoms with Crippen molar-refractivity contribution in [1.82, 2.24) is 19.1 Å². The summed E-state index contributed by atoms with van der Waals surface area (Å²) in [6.45, 7) is -0.250. The molecule has 0 aliphatic carbocycles. The topological polar surface area (TPSA) is 110 Å². The third-order valence-electron chi connectivity index (χ3n) is 2.03. The zero-order valence-corrected chi connectivity index (χ0v) is 8.67. The van der Waals surface area contributed by atoms with Gasteiger partial charge in [-0.05, 0) is 0 Å². The van der Waals surface area contributed by atoms with Gasteiger partial charge in [-0.15, -0.1) is 0 Å². The predicted octanol–water partition coefficient (Wildman–Crippen LogP) is -1.34. The van der Waals surface area contributed by atoms with Crippen LogP contribution in [0.2, 0.25) is 0 Å². The molecule has 0 aliphatic rings. The molecule has 0 unspecified atom stereocenters. The van der Waals surface area contributed by atoms with E-state index >= 15 is 0 Å². The van der Waals surface area contributed by atoms with Gasteiger partial charge in [0.15, 0.2) is 5.65 Å². The van der Waals surface area contributed by atoms with Crippen LogP contribution in [0.3, 0.4) is 0 Å². The van der Waals surface area contributed by atoms with Crippen LogP contribution in [-0.4, -0.2) is 30.7 Å². The van der Waals surface area contributed by atoms with E-state index in [0.717, 1.165) is 4.57 Å². The summed E-state index contributed by atoms with van der Waals surface area (Å²) in [5, 5.41) is 6.89. The lowest BCUT2D eigenvalue weighted by molar-refractivity contribution is -0.122. The van der Waals surface area contributed by atoms with Gasteiger partial charge in [0.05, 0.1) is 6.33 Å². The molecule has 2 N–H and O–H groups in total. The van der Waals surface area contributed by atoms with Crippen LogP contribution in [0, 0.1) is 0 Å². The molecule has 0 saturated heterocycles. The molecule has 2 rings (SSSR count). The monoisotopic (exact) mass is 226 g/mol. The summed E-state index contributed by atoms with van der Waals surface area (Å²) < 4.78 is 2.37. The molecule has 0 spiro atoms. The number of hydrogen-bond acceptors (Lipinski definition) is 4. The van der Waals surface area contributed by atoms with E-state index in [1.54, 1.807) is 7.05 Å². The van der Waals surface area contributed by atoms with E-state index in [0.29, 0.717) is 11.2 Å². The second-order valence-corrected chi connectivity index (χ2v) is 2.91. The van der Waals surface area contributed by atoms with Crippen molar-refractivity contribution >= 4 is 17.6 Å². The second kappa shape index (κ2) is 4.43. The maximum absolute atomic E-state index is 11.4. The number of carboxylic acid groups (broad SMARTS) is 1. The average Bonchev–Trinajstić information content (AvgIpc) is 2.73. The molecule has 8 heteroatoms. The van der Waals surface area contributed by atoms with Crippen LogP contribution in [-0.2, 0) is 18.9 Å². The van der Waals surface area contributed by atoms with Crippen LogP contribution < -0.4 is 11.2 Å². The first kappa shape index (κ1) is 11.7. The first-order valence-corrected chi connectivity index (χ1v) is 4.21. The number of imidazole rings is 1. The van der Waals surface area contributed by atoms with Crippen molar-refractivity contribution in [3.05, 3.63) is 27.2 Å². The summed E-state index contributed by atoms with van der Waals surface area (Å²) in [6.07, 6.45) is 1.39. The van der Waals surface area contributed by atoms with Crippen LogP contribution in [0.25, 0.3) is 11.2 Å². The van der Waals surface area contributed by atoms with Crippen molar-refractivity contribution in [2.75, 3.05) is 0 Å². The van der Waals surface area contributed by atoms with E-state index in [1.165, 1.54) is 17.9 Å². The normalized spacial score (nSPS) is 9.62. The van der Waals surface area contributed by atoms with Crippen LogP contribution in [0.1, 0.15) is 0 Å². The van der Waals surface area contributed by atoms with Gasteiger partial charge in [0.25, 0.3) is 12.0 Å². The molecule has 86 valence electrons. The molecule has 2 heterocycles. The second-order valence-electron chi connectivity index (χ2n) is 2.91. The summed E-state index contributed by atoms with van der Waals surface area (Å²) in [5.41, 5.74) is 0.0119. The highest BCUT2D eigenvalue weighted by Gasteiger charge is 2.08. The molecule has 8 nitrogen and oxygen atoms in total. The minimum Gasteiger partial charge on any atom is -0.483 e. The Labute approximate surface area is 88.8 Å². The minimum atomic E-state index is -0.371. The van der Waals surface area contributed by atoms with E-state index in [2.05, 4.69) is 9.97 Å². The number of aromatic nitrogens is 4. The maximum Gasteiger partial charge on any atom is 0.332 e. The summed E-state index contributed by atoms with van der Waals surface area (Å²) in [7, 11) is 3.01. The molecule has 0 radical (unpaired) electrons. The minimum absolute atomic E-state index is 0.250. The summed E-state index contributed by atoms with van der Waals surface area (Å²) in [5.74, 6) is 0. The van der Waals surface area contributed by atoms with E-state index in [-0.39, 0.29) is 17.7 Å². The molecule has 0 atom stereocenters. The first-order valence-electron chi connectivity index (χ1n) is 4.21. The Morgan fingerprint density at radius 1 is 1.38 bits per heavy atom. The van der Waals surface area contributed by atoms with Gasteiger partial charge >= 0.3 is 5.69 Å². The Morgan fingerprint density at radius 3 is 2.50 bits per heavy atom. The Kier molecular flexibility index (Phi) is 3.24. The summed E-state index contributed by atoms with van der Waals surface area (Å²) in [4.78, 5) is 37.7. The molecule has 16 heavy (non-hydrogen) atoms. The highest BCUT2D eigenvalue weighted by molar-refractivity contribution is 5.68. The van der Waals surface area contributed by atoms with E-state index in [9.17, 15) is 9.59 Å². The van der Waals surface area contributed by atoms with Crippen molar-refractivity contribution in [2.45, 2.75) is 0 Å². The number of hydrogen-bond donors (Lipinski definition) is 2. The third kappa shape index (κ3) is 1.72. The number of rotatable bonds is 0. The predicted molar refractivity (Wildman–Crippen MR) is 55.3 cm³/mol. The van der Waals surface area contributed by atoms with E-state index < -0.39 is 0 Å². The highest BCUT2D eigenvalue weighted by Crippen LogP contribution is 1.97. The van der Waals surface area contributed by atoms with Crippen molar-refractivity contribution in [3.63, 3.8) is 0 Å². The van der Waals surface area contributed by atoms with Gasteiger partial charge in [-0.25, -0.2) is 9.78 Å². The van der Waals surface area contributed by atoms with Gasteiger partial charge in [-0.1, -0.05) is 0 Å². The Balaban J connectivity index is 0.000000386.